The zero-order valence-corrected chi connectivity index (χ0v) is 15.9. The van der Waals surface area contributed by atoms with Crippen LogP contribution in [0, 0.1) is 23.2 Å². The van der Waals surface area contributed by atoms with Crippen molar-refractivity contribution in [1.82, 2.24) is 4.90 Å². The maximum atomic E-state index is 13.7. The van der Waals surface area contributed by atoms with Gasteiger partial charge in [0.15, 0.2) is 0 Å². The first kappa shape index (κ1) is 16.3. The number of fused-ring (bicyclic) bond motifs is 1. The molecule has 1 saturated heterocycles. The highest BCUT2D eigenvalue weighted by Crippen LogP contribution is 2.64. The van der Waals surface area contributed by atoms with Crippen molar-refractivity contribution in [3.8, 4) is 0 Å². The number of piperidine rings is 1. The van der Waals surface area contributed by atoms with Crippen LogP contribution in [0.2, 0.25) is 0 Å². The molecule has 0 aromatic carbocycles. The van der Waals surface area contributed by atoms with Gasteiger partial charge in [0.2, 0.25) is 5.91 Å². The van der Waals surface area contributed by atoms with Crippen LogP contribution in [-0.4, -0.2) is 45.4 Å². The van der Waals surface area contributed by atoms with E-state index in [1.807, 2.05) is 13.8 Å². The minimum Gasteiger partial charge on any atom is -0.390 e. The maximum absolute atomic E-state index is 13.7. The number of carbonyl (C=O) groups is 1. The van der Waals surface area contributed by atoms with E-state index in [4.69, 9.17) is 4.99 Å². The van der Waals surface area contributed by atoms with E-state index in [9.17, 15) is 9.90 Å². The van der Waals surface area contributed by atoms with Crippen LogP contribution in [0.5, 0.6) is 0 Å². The van der Waals surface area contributed by atoms with Gasteiger partial charge in [-0.15, -0.1) is 0 Å². The van der Waals surface area contributed by atoms with Crippen LogP contribution in [0.4, 0.5) is 0 Å². The van der Waals surface area contributed by atoms with E-state index in [-0.39, 0.29) is 17.4 Å². The van der Waals surface area contributed by atoms with Crippen molar-refractivity contribution in [2.24, 2.45) is 28.2 Å². The lowest BCUT2D eigenvalue weighted by molar-refractivity contribution is -0.177. The smallest absolute Gasteiger partial charge is 0.248 e. The SMILES string of the molecule is CC(C)=N[C@H](C(=O)N1[C@H](C)C[C@@H]2C[C@@H]21)C12CC3CC(CC(O)(C3)C1)C2. The lowest BCUT2D eigenvalue weighted by Crippen LogP contribution is -2.62. The standard InChI is InChI=1S/C21H32N2O2/c1-12(2)22-18(19(24)23-13(3)4-16-6-17(16)23)20-7-14-5-15(8-20)10-21(25,9-14)11-20/h13-18,25H,4-11H2,1-3H3/t13-,14?,15?,16-,17+,18-,20?,21?/m1/s1. The normalized spacial score (nSPS) is 50.6. The van der Waals surface area contributed by atoms with Crippen LogP contribution in [0.25, 0.3) is 0 Å². The minimum atomic E-state index is -0.529. The van der Waals surface area contributed by atoms with Crippen LogP contribution in [0.1, 0.15) is 72.1 Å². The Bertz CT molecular complexity index is 622. The third-order valence-corrected chi connectivity index (χ3v) is 7.89. The summed E-state index contributed by atoms with van der Waals surface area (Å²) in [5.74, 6) is 2.20. The molecule has 25 heavy (non-hydrogen) atoms. The molecule has 4 bridgehead atoms. The second kappa shape index (κ2) is 5.09. The second-order valence-electron chi connectivity index (χ2n) is 10.4. The van der Waals surface area contributed by atoms with Gasteiger partial charge >= 0.3 is 0 Å². The van der Waals surface area contributed by atoms with E-state index >= 15 is 0 Å². The van der Waals surface area contributed by atoms with E-state index in [2.05, 4.69) is 11.8 Å². The van der Waals surface area contributed by atoms with Gasteiger partial charge in [-0.25, -0.2) is 0 Å². The Balaban J connectivity index is 1.51. The zero-order chi connectivity index (χ0) is 17.6. The van der Waals surface area contributed by atoms with Gasteiger partial charge in [-0.3, -0.25) is 9.79 Å². The quantitative estimate of drug-likeness (QED) is 0.800. The molecule has 1 amide bonds. The Morgan fingerprint density at radius 3 is 2.32 bits per heavy atom. The number of nitrogens with zero attached hydrogens (tertiary/aromatic N) is 2. The molecule has 6 rings (SSSR count). The first-order valence-electron chi connectivity index (χ1n) is 10.3. The molecule has 0 aromatic rings. The van der Waals surface area contributed by atoms with Gasteiger partial charge in [-0.1, -0.05) is 0 Å². The molecule has 2 unspecified atom stereocenters. The van der Waals surface area contributed by atoms with E-state index in [0.29, 0.717) is 23.9 Å². The van der Waals surface area contributed by atoms with Crippen LogP contribution in [-0.2, 0) is 4.79 Å². The van der Waals surface area contributed by atoms with Crippen molar-refractivity contribution in [2.75, 3.05) is 0 Å². The molecule has 5 aliphatic carbocycles. The van der Waals surface area contributed by atoms with E-state index in [1.54, 1.807) is 0 Å². The average molecular weight is 344 g/mol. The van der Waals surface area contributed by atoms with Crippen LogP contribution in [0.3, 0.4) is 0 Å². The summed E-state index contributed by atoms with van der Waals surface area (Å²) >= 11 is 0. The van der Waals surface area contributed by atoms with Crippen molar-refractivity contribution < 1.29 is 9.90 Å². The lowest BCUT2D eigenvalue weighted by Gasteiger charge is -2.61. The Morgan fingerprint density at radius 2 is 1.80 bits per heavy atom. The molecule has 1 N–H and O–H groups in total. The lowest BCUT2D eigenvalue weighted by atomic mass is 9.46. The third kappa shape index (κ3) is 2.43. The van der Waals surface area contributed by atoms with Crippen molar-refractivity contribution in [3.05, 3.63) is 0 Å². The summed E-state index contributed by atoms with van der Waals surface area (Å²) in [7, 11) is 0. The molecular weight excluding hydrogens is 312 g/mol. The summed E-state index contributed by atoms with van der Waals surface area (Å²) in [4.78, 5) is 20.8. The number of rotatable bonds is 3. The maximum Gasteiger partial charge on any atom is 0.248 e. The van der Waals surface area contributed by atoms with Crippen LogP contribution >= 0.6 is 0 Å². The summed E-state index contributed by atoms with van der Waals surface area (Å²) in [6.45, 7) is 6.24. The molecule has 6 fully saturated rings. The Kier molecular flexibility index (Phi) is 3.31. The fourth-order valence-corrected chi connectivity index (χ4v) is 7.54. The third-order valence-electron chi connectivity index (χ3n) is 7.89. The highest BCUT2D eigenvalue weighted by atomic mass is 16.3. The highest BCUT2D eigenvalue weighted by Gasteiger charge is 2.63. The minimum absolute atomic E-state index is 0.0973. The predicted molar refractivity (Wildman–Crippen MR) is 97.5 cm³/mol. The molecule has 5 saturated carbocycles. The van der Waals surface area contributed by atoms with Gasteiger partial charge in [0.05, 0.1) is 5.60 Å². The number of hydrogen-bond donors (Lipinski definition) is 1. The van der Waals surface area contributed by atoms with Crippen molar-refractivity contribution in [3.63, 3.8) is 0 Å². The summed E-state index contributed by atoms with van der Waals surface area (Å²) < 4.78 is 0. The molecule has 6 aliphatic rings. The van der Waals surface area contributed by atoms with E-state index in [1.165, 1.54) is 19.3 Å². The van der Waals surface area contributed by atoms with Gasteiger partial charge in [0.25, 0.3) is 0 Å². The van der Waals surface area contributed by atoms with Crippen LogP contribution in [0.15, 0.2) is 4.99 Å². The van der Waals surface area contributed by atoms with Gasteiger partial charge in [0.1, 0.15) is 6.04 Å². The van der Waals surface area contributed by atoms with Gasteiger partial charge in [0, 0.05) is 23.2 Å². The number of hydrogen-bond acceptors (Lipinski definition) is 3. The molecule has 0 spiro atoms. The Morgan fingerprint density at radius 1 is 1.12 bits per heavy atom. The first-order valence-corrected chi connectivity index (χ1v) is 10.3. The van der Waals surface area contributed by atoms with Gasteiger partial charge in [-0.2, -0.15) is 0 Å². The predicted octanol–water partition coefficient (Wildman–Crippen LogP) is 3.18. The first-order chi connectivity index (χ1) is 11.8. The summed E-state index contributed by atoms with van der Waals surface area (Å²) in [6, 6.07) is 0.578. The Hall–Kier alpha value is -0.900. The summed E-state index contributed by atoms with van der Waals surface area (Å²) in [6.07, 6.45) is 8.49. The molecule has 4 heteroatoms. The summed E-state index contributed by atoms with van der Waals surface area (Å²) in [5.41, 5.74) is 0.374. The van der Waals surface area contributed by atoms with E-state index in [0.717, 1.165) is 43.7 Å². The number of amides is 1. The topological polar surface area (TPSA) is 52.9 Å². The Labute approximate surface area is 151 Å². The summed E-state index contributed by atoms with van der Waals surface area (Å²) in [5, 5.41) is 11.1. The van der Waals surface area contributed by atoms with Gasteiger partial charge < -0.3 is 10.0 Å². The zero-order valence-electron chi connectivity index (χ0n) is 15.9. The largest absolute Gasteiger partial charge is 0.390 e. The van der Waals surface area contributed by atoms with Crippen molar-refractivity contribution in [2.45, 2.75) is 95.9 Å². The monoisotopic (exact) mass is 344 g/mol. The fraction of sp³-hybridized carbons (Fsp3) is 0.905. The average Bonchev–Trinajstić information content (AvgIpc) is 3.13. The number of aliphatic imine (C=N–C) groups is 1. The number of likely N-dealkylation sites (tertiary alicyclic amines) is 1. The molecule has 0 aromatic heterocycles. The number of aliphatic hydroxyl groups is 1. The highest BCUT2D eigenvalue weighted by molar-refractivity contribution is 5.89. The molecule has 138 valence electrons. The van der Waals surface area contributed by atoms with Crippen molar-refractivity contribution in [1.29, 1.82) is 0 Å². The number of carbonyl (C=O) groups excluding carboxylic acids is 1. The fourth-order valence-electron chi connectivity index (χ4n) is 7.54. The van der Waals surface area contributed by atoms with Gasteiger partial charge in [-0.05, 0) is 89.9 Å². The molecule has 1 aliphatic heterocycles. The molecule has 6 atom stereocenters. The second-order valence-corrected chi connectivity index (χ2v) is 10.4. The molecular formula is C21H32N2O2. The van der Waals surface area contributed by atoms with Crippen molar-refractivity contribution >= 4 is 11.6 Å². The van der Waals surface area contributed by atoms with Crippen LogP contribution < -0.4 is 0 Å². The molecule has 4 nitrogen and oxygen atoms in total. The molecule has 0 radical (unpaired) electrons. The van der Waals surface area contributed by atoms with E-state index < -0.39 is 5.60 Å². The molecule has 1 heterocycles.